The van der Waals surface area contributed by atoms with Gasteiger partial charge in [0.05, 0.1) is 0 Å². The molecule has 0 aromatic rings. The first-order chi connectivity index (χ1) is 3.38. The van der Waals surface area contributed by atoms with Gasteiger partial charge in [-0.25, -0.2) is 0 Å². The number of aliphatic hydroxyl groups excluding tert-OH is 1. The standard InChI is InChI=1S/C6H10O/c1-2-5-3-6(5)4-7/h2,5-7H,1,3-4H2/t5-,6+/m0/s1. The summed E-state index contributed by atoms with van der Waals surface area (Å²) >= 11 is 0. The predicted octanol–water partition coefficient (Wildman–Crippen LogP) is 0.801. The van der Waals surface area contributed by atoms with E-state index in [-0.39, 0.29) is 0 Å². The molecule has 1 N–H and O–H groups in total. The first-order valence-corrected chi connectivity index (χ1v) is 2.62. The van der Waals surface area contributed by atoms with Gasteiger partial charge in [0.25, 0.3) is 0 Å². The van der Waals surface area contributed by atoms with Crippen LogP contribution in [0, 0.1) is 11.8 Å². The van der Waals surface area contributed by atoms with Crippen LogP contribution in [-0.4, -0.2) is 11.7 Å². The minimum absolute atomic E-state index is 0.344. The summed E-state index contributed by atoms with van der Waals surface area (Å²) in [5.74, 6) is 1.18. The van der Waals surface area contributed by atoms with Gasteiger partial charge in [-0.2, -0.15) is 0 Å². The molecule has 0 saturated heterocycles. The summed E-state index contributed by atoms with van der Waals surface area (Å²) in [6, 6.07) is 0. The van der Waals surface area contributed by atoms with Crippen molar-refractivity contribution in [2.24, 2.45) is 11.8 Å². The van der Waals surface area contributed by atoms with E-state index in [4.69, 9.17) is 5.11 Å². The SMILES string of the molecule is C=C[C@H]1C[C@@H]1CO. The largest absolute Gasteiger partial charge is 0.396 e. The lowest BCUT2D eigenvalue weighted by Gasteiger charge is -1.81. The third-order valence-corrected chi connectivity index (χ3v) is 1.51. The summed E-state index contributed by atoms with van der Waals surface area (Å²) in [6.07, 6.45) is 3.07. The van der Waals surface area contributed by atoms with Gasteiger partial charge in [-0.3, -0.25) is 0 Å². The highest BCUT2D eigenvalue weighted by Crippen LogP contribution is 2.38. The van der Waals surface area contributed by atoms with Crippen LogP contribution in [0.5, 0.6) is 0 Å². The van der Waals surface area contributed by atoms with Crippen molar-refractivity contribution in [1.29, 1.82) is 0 Å². The van der Waals surface area contributed by atoms with Crippen LogP contribution in [0.2, 0.25) is 0 Å². The lowest BCUT2D eigenvalue weighted by Crippen LogP contribution is -1.84. The number of hydrogen-bond acceptors (Lipinski definition) is 1. The monoisotopic (exact) mass is 98.1 g/mol. The van der Waals surface area contributed by atoms with Gasteiger partial charge in [0.1, 0.15) is 0 Å². The maximum absolute atomic E-state index is 8.46. The summed E-state index contributed by atoms with van der Waals surface area (Å²) < 4.78 is 0. The van der Waals surface area contributed by atoms with Crippen molar-refractivity contribution < 1.29 is 5.11 Å². The molecule has 0 heterocycles. The van der Waals surface area contributed by atoms with Crippen LogP contribution in [0.25, 0.3) is 0 Å². The van der Waals surface area contributed by atoms with E-state index in [9.17, 15) is 0 Å². The van der Waals surface area contributed by atoms with Gasteiger partial charge in [-0.1, -0.05) is 6.08 Å². The molecule has 0 amide bonds. The molecule has 1 aliphatic rings. The molecule has 0 spiro atoms. The average Bonchev–Trinajstić information content (AvgIpc) is 2.43. The Labute approximate surface area is 43.7 Å². The highest BCUT2D eigenvalue weighted by molar-refractivity contribution is 4.97. The zero-order chi connectivity index (χ0) is 5.28. The molecule has 0 unspecified atom stereocenters. The van der Waals surface area contributed by atoms with E-state index in [0.29, 0.717) is 18.4 Å². The normalized spacial score (nSPS) is 37.9. The van der Waals surface area contributed by atoms with Gasteiger partial charge in [0.2, 0.25) is 0 Å². The molecular weight excluding hydrogens is 88.1 g/mol. The van der Waals surface area contributed by atoms with Crippen LogP contribution in [0.3, 0.4) is 0 Å². The fourth-order valence-corrected chi connectivity index (χ4v) is 0.770. The smallest absolute Gasteiger partial charge is 0.0465 e. The Bertz CT molecular complexity index is 78.2. The molecule has 7 heavy (non-hydrogen) atoms. The third-order valence-electron chi connectivity index (χ3n) is 1.51. The molecule has 0 aromatic heterocycles. The highest BCUT2D eigenvalue weighted by Gasteiger charge is 2.32. The second-order valence-corrected chi connectivity index (χ2v) is 2.08. The summed E-state index contributed by atoms with van der Waals surface area (Å²) in [5, 5.41) is 8.46. The van der Waals surface area contributed by atoms with E-state index in [0.717, 1.165) is 6.42 Å². The number of hydrogen-bond donors (Lipinski definition) is 1. The minimum atomic E-state index is 0.344. The first kappa shape index (κ1) is 4.85. The van der Waals surface area contributed by atoms with Crippen LogP contribution in [0.15, 0.2) is 12.7 Å². The van der Waals surface area contributed by atoms with Gasteiger partial charge in [-0.15, -0.1) is 6.58 Å². The number of aliphatic hydroxyl groups is 1. The Morgan fingerprint density at radius 2 is 2.57 bits per heavy atom. The maximum Gasteiger partial charge on any atom is 0.0465 e. The van der Waals surface area contributed by atoms with E-state index in [1.54, 1.807) is 0 Å². The van der Waals surface area contributed by atoms with Gasteiger partial charge >= 0.3 is 0 Å². The molecule has 1 saturated carbocycles. The van der Waals surface area contributed by atoms with E-state index in [2.05, 4.69) is 6.58 Å². The molecular formula is C6H10O. The van der Waals surface area contributed by atoms with Crippen molar-refractivity contribution in [2.45, 2.75) is 6.42 Å². The lowest BCUT2D eigenvalue weighted by molar-refractivity contribution is 0.272. The lowest BCUT2D eigenvalue weighted by atomic mass is 10.3. The van der Waals surface area contributed by atoms with E-state index < -0.39 is 0 Å². The Hall–Kier alpha value is -0.300. The topological polar surface area (TPSA) is 20.2 Å². The van der Waals surface area contributed by atoms with Crippen LogP contribution >= 0.6 is 0 Å². The maximum atomic E-state index is 8.46. The van der Waals surface area contributed by atoms with Gasteiger partial charge < -0.3 is 5.11 Å². The Morgan fingerprint density at radius 3 is 2.71 bits per heavy atom. The van der Waals surface area contributed by atoms with Crippen molar-refractivity contribution in [1.82, 2.24) is 0 Å². The zero-order valence-corrected chi connectivity index (χ0v) is 4.30. The molecule has 0 aromatic carbocycles. The van der Waals surface area contributed by atoms with Crippen LogP contribution in [-0.2, 0) is 0 Å². The van der Waals surface area contributed by atoms with Gasteiger partial charge in [0.15, 0.2) is 0 Å². The Balaban J connectivity index is 2.17. The van der Waals surface area contributed by atoms with E-state index in [1.165, 1.54) is 0 Å². The summed E-state index contributed by atoms with van der Waals surface area (Å²) in [6.45, 7) is 3.95. The first-order valence-electron chi connectivity index (χ1n) is 2.62. The molecule has 1 heteroatoms. The fraction of sp³-hybridized carbons (Fsp3) is 0.667. The van der Waals surface area contributed by atoms with Crippen molar-refractivity contribution in [3.05, 3.63) is 12.7 Å². The van der Waals surface area contributed by atoms with Crippen LogP contribution in [0.1, 0.15) is 6.42 Å². The van der Waals surface area contributed by atoms with Gasteiger partial charge in [-0.05, 0) is 18.3 Å². The van der Waals surface area contributed by atoms with Crippen molar-refractivity contribution in [2.75, 3.05) is 6.61 Å². The summed E-state index contributed by atoms with van der Waals surface area (Å²) in [7, 11) is 0. The molecule has 1 aliphatic carbocycles. The summed E-state index contributed by atoms with van der Waals surface area (Å²) in [4.78, 5) is 0. The summed E-state index contributed by atoms with van der Waals surface area (Å²) in [5.41, 5.74) is 0. The minimum Gasteiger partial charge on any atom is -0.396 e. The molecule has 0 bridgehead atoms. The second-order valence-electron chi connectivity index (χ2n) is 2.08. The Kier molecular flexibility index (Phi) is 1.15. The fourth-order valence-electron chi connectivity index (χ4n) is 0.770. The predicted molar refractivity (Wildman–Crippen MR) is 28.9 cm³/mol. The van der Waals surface area contributed by atoms with Gasteiger partial charge in [0, 0.05) is 6.61 Å². The Morgan fingerprint density at radius 1 is 1.86 bits per heavy atom. The zero-order valence-electron chi connectivity index (χ0n) is 4.30. The third kappa shape index (κ3) is 0.829. The van der Waals surface area contributed by atoms with Crippen LogP contribution < -0.4 is 0 Å². The molecule has 1 rings (SSSR count). The number of allylic oxidation sites excluding steroid dienone is 1. The number of rotatable bonds is 2. The molecule has 1 nitrogen and oxygen atoms in total. The molecule has 2 atom stereocenters. The quantitative estimate of drug-likeness (QED) is 0.506. The highest BCUT2D eigenvalue weighted by atomic mass is 16.3. The molecule has 0 radical (unpaired) electrons. The van der Waals surface area contributed by atoms with Crippen molar-refractivity contribution in [3.63, 3.8) is 0 Å². The molecule has 1 fully saturated rings. The van der Waals surface area contributed by atoms with Crippen molar-refractivity contribution in [3.8, 4) is 0 Å². The van der Waals surface area contributed by atoms with Crippen LogP contribution in [0.4, 0.5) is 0 Å². The average molecular weight is 98.1 g/mol. The second kappa shape index (κ2) is 1.66. The molecule has 0 aliphatic heterocycles. The van der Waals surface area contributed by atoms with E-state index in [1.807, 2.05) is 6.08 Å². The molecule has 40 valence electrons. The van der Waals surface area contributed by atoms with Crippen molar-refractivity contribution >= 4 is 0 Å². The van der Waals surface area contributed by atoms with E-state index >= 15 is 0 Å².